The van der Waals surface area contributed by atoms with Crippen LogP contribution in [-0.2, 0) is 0 Å². The lowest BCUT2D eigenvalue weighted by molar-refractivity contribution is -0.385. The fraction of sp³-hybridized carbons (Fsp3) is 0.158. The highest BCUT2D eigenvalue weighted by atomic mass is 32.1. The number of carbonyl (C=O) groups is 1. The van der Waals surface area contributed by atoms with Gasteiger partial charge in [0.25, 0.3) is 5.91 Å². The minimum absolute atomic E-state index is 0.0784. The first-order valence-corrected chi connectivity index (χ1v) is 9.16. The second-order valence-corrected chi connectivity index (χ2v) is 6.56. The molecular weight excluding hydrogens is 398 g/mol. The maximum atomic E-state index is 12.5. The van der Waals surface area contributed by atoms with Crippen molar-refractivity contribution in [2.45, 2.75) is 0 Å². The van der Waals surface area contributed by atoms with Crippen molar-refractivity contribution in [2.75, 3.05) is 26.6 Å². The van der Waals surface area contributed by atoms with E-state index in [0.29, 0.717) is 22.3 Å². The van der Waals surface area contributed by atoms with Crippen molar-refractivity contribution in [1.29, 1.82) is 0 Å². The molecule has 0 aliphatic rings. The van der Waals surface area contributed by atoms with E-state index in [1.165, 1.54) is 30.6 Å². The van der Waals surface area contributed by atoms with Gasteiger partial charge in [-0.2, -0.15) is 0 Å². The Morgan fingerprint density at radius 3 is 2.48 bits per heavy atom. The minimum Gasteiger partial charge on any atom is -0.497 e. The van der Waals surface area contributed by atoms with E-state index in [0.717, 1.165) is 11.6 Å². The topological polar surface area (TPSA) is 113 Å². The smallest absolute Gasteiger partial charge is 0.311 e. The normalized spacial score (nSPS) is 10.3. The van der Waals surface area contributed by atoms with Crippen molar-refractivity contribution in [3.63, 3.8) is 0 Å². The zero-order chi connectivity index (χ0) is 21.0. The van der Waals surface area contributed by atoms with Crippen LogP contribution in [-0.4, -0.2) is 37.1 Å². The largest absolute Gasteiger partial charge is 0.497 e. The minimum atomic E-state index is -0.604. The lowest BCUT2D eigenvalue weighted by Gasteiger charge is -2.08. The number of ether oxygens (including phenoxy) is 3. The summed E-state index contributed by atoms with van der Waals surface area (Å²) in [7, 11) is 4.44. The van der Waals surface area contributed by atoms with Crippen LogP contribution in [0.25, 0.3) is 11.3 Å². The molecule has 2 aromatic carbocycles. The highest BCUT2D eigenvalue weighted by Gasteiger charge is 2.19. The van der Waals surface area contributed by atoms with Crippen molar-refractivity contribution in [3.8, 4) is 28.5 Å². The van der Waals surface area contributed by atoms with Crippen molar-refractivity contribution < 1.29 is 23.9 Å². The van der Waals surface area contributed by atoms with E-state index in [1.807, 2.05) is 6.07 Å². The number of rotatable bonds is 7. The second kappa shape index (κ2) is 8.57. The lowest BCUT2D eigenvalue weighted by atomic mass is 10.1. The Bertz CT molecular complexity index is 1070. The zero-order valence-electron chi connectivity index (χ0n) is 15.8. The predicted molar refractivity (Wildman–Crippen MR) is 108 cm³/mol. The van der Waals surface area contributed by atoms with Crippen LogP contribution in [0.15, 0.2) is 41.8 Å². The number of amides is 1. The molecular formula is C19H17N3O6S. The van der Waals surface area contributed by atoms with Crippen LogP contribution < -0.4 is 19.5 Å². The van der Waals surface area contributed by atoms with Gasteiger partial charge >= 0.3 is 5.69 Å². The number of methoxy groups -OCH3 is 3. The molecule has 1 heterocycles. The summed E-state index contributed by atoms with van der Waals surface area (Å²) in [5, 5.41) is 15.9. The third kappa shape index (κ3) is 4.27. The number of hydrogen-bond donors (Lipinski definition) is 1. The molecule has 9 nitrogen and oxygen atoms in total. The number of benzene rings is 2. The molecule has 0 aliphatic carbocycles. The van der Waals surface area contributed by atoms with Crippen LogP contribution in [0, 0.1) is 10.1 Å². The van der Waals surface area contributed by atoms with Crippen LogP contribution in [0.5, 0.6) is 17.2 Å². The molecule has 1 amide bonds. The monoisotopic (exact) mass is 415 g/mol. The number of thiazole rings is 1. The first-order chi connectivity index (χ1) is 14.0. The van der Waals surface area contributed by atoms with E-state index in [1.54, 1.807) is 31.7 Å². The van der Waals surface area contributed by atoms with Gasteiger partial charge in [0.15, 0.2) is 10.9 Å². The molecule has 0 saturated carbocycles. The van der Waals surface area contributed by atoms with Gasteiger partial charge < -0.3 is 14.2 Å². The highest BCUT2D eigenvalue weighted by molar-refractivity contribution is 7.14. The zero-order valence-corrected chi connectivity index (χ0v) is 16.6. The molecule has 1 aromatic heterocycles. The Kier molecular flexibility index (Phi) is 5.93. The summed E-state index contributed by atoms with van der Waals surface area (Å²) in [6.07, 6.45) is 0. The van der Waals surface area contributed by atoms with Gasteiger partial charge in [0, 0.05) is 28.6 Å². The molecule has 0 spiro atoms. The Hall–Kier alpha value is -3.66. The first kappa shape index (κ1) is 20.1. The molecule has 0 bridgehead atoms. The molecule has 10 heteroatoms. The molecule has 150 valence electrons. The lowest BCUT2D eigenvalue weighted by Crippen LogP contribution is -2.12. The molecule has 3 aromatic rings. The van der Waals surface area contributed by atoms with Crippen molar-refractivity contribution in [1.82, 2.24) is 4.98 Å². The Morgan fingerprint density at radius 2 is 1.83 bits per heavy atom. The number of nitrogens with zero attached hydrogens (tertiary/aromatic N) is 2. The Balaban J connectivity index is 1.83. The average Bonchev–Trinajstić information content (AvgIpc) is 3.20. The summed E-state index contributed by atoms with van der Waals surface area (Å²) in [4.78, 5) is 27.4. The third-order valence-electron chi connectivity index (χ3n) is 4.05. The Morgan fingerprint density at radius 1 is 1.07 bits per heavy atom. The average molecular weight is 415 g/mol. The quantitative estimate of drug-likeness (QED) is 0.458. The van der Waals surface area contributed by atoms with Gasteiger partial charge in [-0.1, -0.05) is 0 Å². The molecule has 1 N–H and O–H groups in total. The number of nitro groups is 1. The van der Waals surface area contributed by atoms with Crippen molar-refractivity contribution in [2.24, 2.45) is 0 Å². The van der Waals surface area contributed by atoms with E-state index < -0.39 is 10.8 Å². The first-order valence-electron chi connectivity index (χ1n) is 8.28. The van der Waals surface area contributed by atoms with Gasteiger partial charge in [0.1, 0.15) is 11.5 Å². The second-order valence-electron chi connectivity index (χ2n) is 5.70. The van der Waals surface area contributed by atoms with Gasteiger partial charge in [0.05, 0.1) is 31.9 Å². The number of nitrogens with one attached hydrogen (secondary N) is 1. The maximum absolute atomic E-state index is 12.5. The molecule has 0 aliphatic heterocycles. The van der Waals surface area contributed by atoms with Gasteiger partial charge in [-0.3, -0.25) is 20.2 Å². The molecule has 3 rings (SSSR count). The summed E-state index contributed by atoms with van der Waals surface area (Å²) in [6, 6.07) is 9.32. The predicted octanol–water partition coefficient (Wildman–Crippen LogP) is 4.00. The van der Waals surface area contributed by atoms with Crippen LogP contribution in [0.2, 0.25) is 0 Å². The summed E-state index contributed by atoms with van der Waals surface area (Å²) in [6.45, 7) is 0. The third-order valence-corrected chi connectivity index (χ3v) is 4.80. The van der Waals surface area contributed by atoms with Crippen molar-refractivity contribution in [3.05, 3.63) is 57.5 Å². The van der Waals surface area contributed by atoms with E-state index >= 15 is 0 Å². The van der Waals surface area contributed by atoms with Crippen LogP contribution in [0.4, 0.5) is 10.8 Å². The number of hydrogen-bond acceptors (Lipinski definition) is 8. The summed E-state index contributed by atoms with van der Waals surface area (Å²) < 4.78 is 15.5. The number of aromatic nitrogens is 1. The Labute approximate surface area is 170 Å². The van der Waals surface area contributed by atoms with Crippen LogP contribution >= 0.6 is 11.3 Å². The van der Waals surface area contributed by atoms with Crippen molar-refractivity contribution >= 4 is 28.1 Å². The molecule has 0 radical (unpaired) electrons. The van der Waals surface area contributed by atoms with Gasteiger partial charge in [-0.25, -0.2) is 4.98 Å². The van der Waals surface area contributed by atoms with Crippen LogP contribution in [0.1, 0.15) is 10.4 Å². The highest BCUT2D eigenvalue weighted by Crippen LogP contribution is 2.35. The van der Waals surface area contributed by atoms with E-state index in [4.69, 9.17) is 14.2 Å². The van der Waals surface area contributed by atoms with Gasteiger partial charge in [-0.05, 0) is 24.3 Å². The molecule has 0 fully saturated rings. The van der Waals surface area contributed by atoms with E-state index in [2.05, 4.69) is 10.3 Å². The number of nitro benzene ring substituents is 1. The number of carbonyl (C=O) groups excluding carboxylic acids is 1. The fourth-order valence-corrected chi connectivity index (χ4v) is 3.31. The molecule has 0 atom stereocenters. The molecule has 29 heavy (non-hydrogen) atoms. The molecule has 0 saturated heterocycles. The van der Waals surface area contributed by atoms with E-state index in [-0.39, 0.29) is 17.0 Å². The SMILES string of the molecule is COc1ccc(-c2csc(NC(=O)c3ccc(OC)c([N+](=O)[O-])c3)n2)c(OC)c1. The summed E-state index contributed by atoms with van der Waals surface area (Å²) in [5.74, 6) is 0.793. The maximum Gasteiger partial charge on any atom is 0.311 e. The van der Waals surface area contributed by atoms with Gasteiger partial charge in [0.2, 0.25) is 0 Å². The standard InChI is InChI=1S/C19H17N3O6S/c1-26-12-5-6-13(17(9-12)28-3)14-10-29-19(20-14)21-18(23)11-4-7-16(27-2)15(8-11)22(24)25/h4-10H,1-3H3,(H,20,21,23). The summed E-state index contributed by atoms with van der Waals surface area (Å²) >= 11 is 1.23. The van der Waals surface area contributed by atoms with E-state index in [9.17, 15) is 14.9 Å². The van der Waals surface area contributed by atoms with Crippen LogP contribution in [0.3, 0.4) is 0 Å². The number of anilines is 1. The summed E-state index contributed by atoms with van der Waals surface area (Å²) in [5.41, 5.74) is 1.19. The fourth-order valence-electron chi connectivity index (χ4n) is 2.61. The van der Waals surface area contributed by atoms with Gasteiger partial charge in [-0.15, -0.1) is 11.3 Å². The molecule has 0 unspecified atom stereocenters.